The Morgan fingerprint density at radius 1 is 1.05 bits per heavy atom. The quantitative estimate of drug-likeness (QED) is 0.224. The fourth-order valence-corrected chi connectivity index (χ4v) is 10.3. The molecule has 1 saturated heterocycles. The van der Waals surface area contributed by atoms with Crippen molar-refractivity contribution in [2.75, 3.05) is 13.8 Å². The van der Waals surface area contributed by atoms with Crippen molar-refractivity contribution < 1.29 is 19.1 Å². The van der Waals surface area contributed by atoms with Gasteiger partial charge in [-0.05, 0) is 104 Å². The monoisotopic (exact) mass is 541 g/mol. The molecule has 5 rings (SSSR count). The van der Waals surface area contributed by atoms with Crippen LogP contribution in [0.5, 0.6) is 0 Å². The highest BCUT2D eigenvalue weighted by Gasteiger charge is 2.59. The van der Waals surface area contributed by atoms with Crippen molar-refractivity contribution in [2.45, 2.75) is 130 Å². The van der Waals surface area contributed by atoms with Gasteiger partial charge < -0.3 is 14.4 Å². The number of hydrogen-bond donors (Lipinski definition) is 0. The predicted molar refractivity (Wildman–Crippen MR) is 155 cm³/mol. The Bertz CT molecular complexity index is 943. The van der Waals surface area contributed by atoms with Crippen LogP contribution in [0.3, 0.4) is 0 Å². The van der Waals surface area contributed by atoms with Gasteiger partial charge in [0, 0.05) is 6.42 Å². The summed E-state index contributed by atoms with van der Waals surface area (Å²) in [5, 5.41) is 0. The molecule has 0 N–H and O–H groups in total. The maximum atomic E-state index is 12.4. The normalized spacial score (nSPS) is 40.6. The third-order valence-corrected chi connectivity index (χ3v) is 12.5. The number of ether oxygens (including phenoxy) is 2. The summed E-state index contributed by atoms with van der Waals surface area (Å²) >= 11 is 0. The van der Waals surface area contributed by atoms with Crippen LogP contribution in [0.2, 0.25) is 0 Å². The predicted octanol–water partition coefficient (Wildman–Crippen LogP) is 7.53. The zero-order chi connectivity index (χ0) is 27.9. The molecule has 4 fully saturated rings. The van der Waals surface area contributed by atoms with Gasteiger partial charge >= 0.3 is 5.97 Å². The number of rotatable bonds is 9. The molecule has 0 radical (unpaired) electrons. The highest BCUT2D eigenvalue weighted by atomic mass is 16.5. The maximum Gasteiger partial charge on any atom is 0.328 e. The first-order chi connectivity index (χ1) is 18.6. The second-order valence-corrected chi connectivity index (χ2v) is 14.9. The van der Waals surface area contributed by atoms with E-state index in [1.165, 1.54) is 64.9 Å². The molecule has 5 heteroatoms. The minimum atomic E-state index is -0.490. The number of hydrogen-bond acceptors (Lipinski definition) is 4. The van der Waals surface area contributed by atoms with Crippen LogP contribution in [0, 0.1) is 46.3 Å². The van der Waals surface area contributed by atoms with Crippen molar-refractivity contribution in [3.8, 4) is 0 Å². The van der Waals surface area contributed by atoms with E-state index in [1.54, 1.807) is 10.5 Å². The Balaban J connectivity index is 1.21. The van der Waals surface area contributed by atoms with Crippen LogP contribution in [0.1, 0.15) is 118 Å². The van der Waals surface area contributed by atoms with Gasteiger partial charge in [0.05, 0.1) is 13.2 Å². The number of carbonyl (C=O) groups is 2. The van der Waals surface area contributed by atoms with Crippen molar-refractivity contribution in [2.24, 2.45) is 46.3 Å². The van der Waals surface area contributed by atoms with Crippen molar-refractivity contribution in [1.29, 1.82) is 0 Å². The largest absolute Gasteiger partial charge is 0.467 e. The van der Waals surface area contributed by atoms with E-state index < -0.39 is 6.04 Å². The summed E-state index contributed by atoms with van der Waals surface area (Å²) < 4.78 is 11.2. The summed E-state index contributed by atoms with van der Waals surface area (Å²) in [7, 11) is 1.39. The molecule has 4 aliphatic carbocycles. The van der Waals surface area contributed by atoms with Crippen LogP contribution in [-0.4, -0.2) is 42.8 Å². The lowest BCUT2D eigenvalue weighted by Gasteiger charge is -2.58. The van der Waals surface area contributed by atoms with E-state index in [4.69, 9.17) is 9.47 Å². The molecule has 9 atom stereocenters. The van der Waals surface area contributed by atoms with Crippen LogP contribution in [0.4, 0.5) is 0 Å². The fourth-order valence-electron chi connectivity index (χ4n) is 10.3. The molecule has 0 aromatic heterocycles. The van der Waals surface area contributed by atoms with Crippen LogP contribution >= 0.6 is 0 Å². The number of esters is 1. The lowest BCUT2D eigenvalue weighted by Crippen LogP contribution is -2.51. The Hall–Kier alpha value is -1.36. The number of fused-ring (bicyclic) bond motifs is 5. The summed E-state index contributed by atoms with van der Waals surface area (Å²) in [6.07, 6.45) is 18.0. The van der Waals surface area contributed by atoms with Gasteiger partial charge in [-0.15, -0.1) is 0 Å². The van der Waals surface area contributed by atoms with Gasteiger partial charge in [0.2, 0.25) is 5.91 Å². The number of allylic oxidation sites excluding steroid dienone is 1. The molecule has 1 amide bonds. The average molecular weight is 542 g/mol. The number of nitrogens with zero attached hydrogens (tertiary/aromatic N) is 1. The van der Waals surface area contributed by atoms with E-state index in [-0.39, 0.29) is 24.7 Å². The van der Waals surface area contributed by atoms with Gasteiger partial charge in [0.25, 0.3) is 0 Å². The summed E-state index contributed by atoms with van der Waals surface area (Å²) in [6, 6.07) is -0.490. The highest BCUT2D eigenvalue weighted by Crippen LogP contribution is 2.67. The summed E-state index contributed by atoms with van der Waals surface area (Å²) in [6.45, 7) is 12.7. The second kappa shape index (κ2) is 11.5. The van der Waals surface area contributed by atoms with E-state index in [9.17, 15) is 9.59 Å². The van der Waals surface area contributed by atoms with Gasteiger partial charge in [-0.1, -0.05) is 65.5 Å². The number of amides is 1. The zero-order valence-corrected chi connectivity index (χ0v) is 25.7. The fraction of sp³-hybridized carbons (Fsp3) is 0.882. The van der Waals surface area contributed by atoms with Crippen molar-refractivity contribution in [1.82, 2.24) is 4.90 Å². The Kier molecular flexibility index (Phi) is 8.59. The molecule has 0 bridgehead atoms. The molecule has 1 heterocycles. The van der Waals surface area contributed by atoms with Gasteiger partial charge in [-0.25, -0.2) is 4.79 Å². The molecule has 0 aromatic carbocycles. The van der Waals surface area contributed by atoms with Crippen LogP contribution in [0.25, 0.3) is 0 Å². The van der Waals surface area contributed by atoms with E-state index >= 15 is 0 Å². The first kappa shape index (κ1) is 29.1. The zero-order valence-electron chi connectivity index (χ0n) is 25.7. The van der Waals surface area contributed by atoms with Crippen LogP contribution in [0.15, 0.2) is 11.6 Å². The van der Waals surface area contributed by atoms with Crippen molar-refractivity contribution in [3.63, 3.8) is 0 Å². The van der Waals surface area contributed by atoms with Gasteiger partial charge in [0.1, 0.15) is 12.8 Å². The van der Waals surface area contributed by atoms with E-state index in [1.807, 2.05) is 0 Å². The summed E-state index contributed by atoms with van der Waals surface area (Å²) in [5.41, 5.74) is 2.43. The number of likely N-dealkylation sites (tertiary alicyclic amines) is 1. The highest BCUT2D eigenvalue weighted by molar-refractivity contribution is 5.88. The lowest BCUT2D eigenvalue weighted by molar-refractivity contribution is -0.155. The average Bonchev–Trinajstić information content (AvgIpc) is 3.45. The smallest absolute Gasteiger partial charge is 0.328 e. The van der Waals surface area contributed by atoms with E-state index in [0.29, 0.717) is 23.7 Å². The molecule has 3 saturated carbocycles. The molecule has 1 aliphatic heterocycles. The van der Waals surface area contributed by atoms with Gasteiger partial charge in [-0.3, -0.25) is 4.79 Å². The SMILES string of the molecule is COC(=O)[C@@H]1CCC(=O)N1CO[C@H]1CC[C@@]2(C)C(=CC[C@H]3[C@@H]4CC[C@H]([C@H](C)CCCC(C)C)[C@@]4(C)CC[C@@H]32)C1. The third kappa shape index (κ3) is 5.35. The molecular weight excluding hydrogens is 486 g/mol. The number of carbonyl (C=O) groups excluding carboxylic acids is 2. The topological polar surface area (TPSA) is 55.8 Å². The van der Waals surface area contributed by atoms with Crippen LogP contribution < -0.4 is 0 Å². The van der Waals surface area contributed by atoms with E-state index in [2.05, 4.69) is 40.7 Å². The molecular formula is C34H55NO4. The lowest BCUT2D eigenvalue weighted by atomic mass is 9.47. The molecule has 0 aromatic rings. The van der Waals surface area contributed by atoms with Crippen molar-refractivity contribution >= 4 is 11.9 Å². The van der Waals surface area contributed by atoms with E-state index in [0.717, 1.165) is 48.3 Å². The standard InChI is InChI=1S/C34H55NO4/c1-22(2)8-7-9-23(3)27-12-13-28-26-11-10-24-20-25(16-18-33(24,4)29(26)17-19-34(27,28)5)39-21-35-30(32(37)38-6)14-15-31(35)36/h10,22-23,25-30H,7-9,11-21H2,1-6H3/t23-,25+,26+,27-,28+,29+,30+,33+,34-/m1/s1. The van der Waals surface area contributed by atoms with Crippen molar-refractivity contribution in [3.05, 3.63) is 11.6 Å². The first-order valence-corrected chi connectivity index (χ1v) is 16.3. The summed E-state index contributed by atoms with van der Waals surface area (Å²) in [4.78, 5) is 26.1. The number of methoxy groups -OCH3 is 1. The summed E-state index contributed by atoms with van der Waals surface area (Å²) in [5.74, 6) is 4.78. The Labute approximate surface area is 237 Å². The van der Waals surface area contributed by atoms with Gasteiger partial charge in [-0.2, -0.15) is 0 Å². The molecule has 220 valence electrons. The second-order valence-electron chi connectivity index (χ2n) is 14.9. The van der Waals surface area contributed by atoms with Gasteiger partial charge in [0.15, 0.2) is 0 Å². The van der Waals surface area contributed by atoms with Crippen LogP contribution in [-0.2, 0) is 19.1 Å². The Morgan fingerprint density at radius 2 is 1.85 bits per heavy atom. The minimum Gasteiger partial charge on any atom is -0.467 e. The Morgan fingerprint density at radius 3 is 2.59 bits per heavy atom. The molecule has 5 nitrogen and oxygen atoms in total. The third-order valence-electron chi connectivity index (χ3n) is 12.5. The minimum absolute atomic E-state index is 0.000124. The molecule has 39 heavy (non-hydrogen) atoms. The first-order valence-electron chi connectivity index (χ1n) is 16.3. The maximum absolute atomic E-state index is 12.4. The molecule has 0 spiro atoms. The molecule has 5 aliphatic rings. The molecule has 0 unspecified atom stereocenters.